The van der Waals surface area contributed by atoms with Crippen LogP contribution in [0, 0.1) is 17.3 Å². The highest BCUT2D eigenvalue weighted by atomic mass is 16.5. The van der Waals surface area contributed by atoms with E-state index in [0.29, 0.717) is 11.5 Å². The van der Waals surface area contributed by atoms with Gasteiger partial charge in [0, 0.05) is 12.6 Å². The van der Waals surface area contributed by atoms with Gasteiger partial charge in [-0.3, -0.25) is 4.90 Å². The first-order valence-electron chi connectivity index (χ1n) is 12.0. The number of aliphatic hydroxyl groups is 1. The molecular weight excluding hydrogens is 358 g/mol. The zero-order chi connectivity index (χ0) is 20.4. The fraction of sp³-hybridized carbons (Fsp3) is 0.769. The summed E-state index contributed by atoms with van der Waals surface area (Å²) in [6.45, 7) is 13.0. The van der Waals surface area contributed by atoms with Gasteiger partial charge in [-0.05, 0) is 94.1 Å². The maximum Gasteiger partial charge on any atom is 0.0784 e. The first kappa shape index (κ1) is 21.3. The van der Waals surface area contributed by atoms with Gasteiger partial charge in [-0.1, -0.05) is 36.8 Å². The van der Waals surface area contributed by atoms with Crippen LogP contribution in [0.1, 0.15) is 71.6 Å². The molecule has 4 rings (SSSR count). The zero-order valence-corrected chi connectivity index (χ0v) is 18.7. The zero-order valence-electron chi connectivity index (χ0n) is 18.7. The molecule has 0 radical (unpaired) electrons. The third-order valence-corrected chi connectivity index (χ3v) is 8.66. The van der Waals surface area contributed by atoms with E-state index in [9.17, 15) is 5.11 Å². The first-order chi connectivity index (χ1) is 14.0. The minimum atomic E-state index is -0.330. The van der Waals surface area contributed by atoms with Gasteiger partial charge in [-0.15, -0.1) is 0 Å². The maximum absolute atomic E-state index is 10.1. The van der Waals surface area contributed by atoms with Crippen LogP contribution in [0.3, 0.4) is 0 Å². The van der Waals surface area contributed by atoms with E-state index in [1.807, 2.05) is 0 Å². The Morgan fingerprint density at radius 1 is 1.24 bits per heavy atom. The molecule has 162 valence electrons. The van der Waals surface area contributed by atoms with Crippen molar-refractivity contribution in [1.82, 2.24) is 4.90 Å². The number of aliphatic hydroxyl groups excluding tert-OH is 1. The fourth-order valence-corrected chi connectivity index (χ4v) is 6.59. The Labute approximate surface area is 177 Å². The van der Waals surface area contributed by atoms with Gasteiger partial charge >= 0.3 is 0 Å². The van der Waals surface area contributed by atoms with Crippen molar-refractivity contribution in [2.45, 2.75) is 83.8 Å². The van der Waals surface area contributed by atoms with E-state index >= 15 is 0 Å². The summed E-state index contributed by atoms with van der Waals surface area (Å²) >= 11 is 0. The number of rotatable bonds is 4. The lowest BCUT2D eigenvalue weighted by molar-refractivity contribution is -0.00616. The van der Waals surface area contributed by atoms with Gasteiger partial charge in [-0.2, -0.15) is 0 Å². The van der Waals surface area contributed by atoms with Crippen LogP contribution in [-0.2, 0) is 4.74 Å². The smallest absolute Gasteiger partial charge is 0.0784 e. The molecule has 29 heavy (non-hydrogen) atoms. The van der Waals surface area contributed by atoms with Gasteiger partial charge in [-0.25, -0.2) is 0 Å². The molecule has 0 spiro atoms. The van der Waals surface area contributed by atoms with Crippen molar-refractivity contribution in [3.05, 3.63) is 35.5 Å². The summed E-state index contributed by atoms with van der Waals surface area (Å²) in [4.78, 5) is 2.65. The molecule has 0 amide bonds. The lowest BCUT2D eigenvalue weighted by Crippen LogP contribution is -2.45. The molecule has 0 aromatic rings. The fourth-order valence-electron chi connectivity index (χ4n) is 6.59. The Kier molecular flexibility index (Phi) is 6.68. The number of ether oxygens (including phenoxy) is 1. The van der Waals surface area contributed by atoms with E-state index in [0.717, 1.165) is 56.4 Å². The van der Waals surface area contributed by atoms with Crippen LogP contribution in [-0.4, -0.2) is 48.5 Å². The highest BCUT2D eigenvalue weighted by molar-refractivity contribution is 5.27. The van der Waals surface area contributed by atoms with Crippen LogP contribution in [0.2, 0.25) is 0 Å². The predicted molar refractivity (Wildman–Crippen MR) is 120 cm³/mol. The number of allylic oxidation sites excluding steroid dienone is 3. The summed E-state index contributed by atoms with van der Waals surface area (Å²) in [5.41, 5.74) is 4.58. The highest BCUT2D eigenvalue weighted by Gasteiger charge is 2.48. The average molecular weight is 400 g/mol. The second kappa shape index (κ2) is 9.08. The minimum Gasteiger partial charge on any atom is -0.388 e. The molecule has 0 bridgehead atoms. The monoisotopic (exact) mass is 399 g/mol. The summed E-state index contributed by atoms with van der Waals surface area (Å²) < 4.78 is 5.62. The van der Waals surface area contributed by atoms with Crippen molar-refractivity contribution in [2.24, 2.45) is 17.3 Å². The van der Waals surface area contributed by atoms with Gasteiger partial charge in [0.25, 0.3) is 0 Å². The van der Waals surface area contributed by atoms with Gasteiger partial charge in [0.2, 0.25) is 0 Å². The van der Waals surface area contributed by atoms with E-state index in [1.165, 1.54) is 50.6 Å². The lowest BCUT2D eigenvalue weighted by Gasteiger charge is -2.43. The number of nitrogens with zero attached hydrogens (tertiary/aromatic N) is 1. The molecular formula is C26H41NO2. The number of hydrogen-bond donors (Lipinski definition) is 1. The van der Waals surface area contributed by atoms with E-state index in [-0.39, 0.29) is 6.10 Å². The normalized spacial score (nSPS) is 41.8. The van der Waals surface area contributed by atoms with Gasteiger partial charge < -0.3 is 9.84 Å². The molecule has 3 nitrogen and oxygen atoms in total. The van der Waals surface area contributed by atoms with Crippen molar-refractivity contribution in [1.29, 1.82) is 0 Å². The maximum atomic E-state index is 10.1. The summed E-state index contributed by atoms with van der Waals surface area (Å²) in [5, 5.41) is 10.1. The Hall–Kier alpha value is -0.900. The molecule has 3 unspecified atom stereocenters. The van der Waals surface area contributed by atoms with Crippen molar-refractivity contribution in [2.75, 3.05) is 26.3 Å². The Morgan fingerprint density at radius 2 is 2.10 bits per heavy atom. The first-order valence-corrected chi connectivity index (χ1v) is 12.0. The molecule has 3 saturated carbocycles. The third-order valence-electron chi connectivity index (χ3n) is 8.66. The largest absolute Gasteiger partial charge is 0.388 e. The summed E-state index contributed by atoms with van der Waals surface area (Å²) in [7, 11) is 0. The molecule has 3 aliphatic carbocycles. The molecule has 1 aliphatic heterocycles. The Morgan fingerprint density at radius 3 is 2.90 bits per heavy atom. The van der Waals surface area contributed by atoms with Crippen molar-refractivity contribution in [3.8, 4) is 0 Å². The number of hydrogen-bond acceptors (Lipinski definition) is 3. The number of fused-ring (bicyclic) bond motifs is 1. The Balaban J connectivity index is 1.40. The Bertz CT molecular complexity index is 666. The van der Waals surface area contributed by atoms with E-state index in [1.54, 1.807) is 5.57 Å². The van der Waals surface area contributed by atoms with Crippen LogP contribution in [0.5, 0.6) is 0 Å². The van der Waals surface area contributed by atoms with Gasteiger partial charge in [0.15, 0.2) is 0 Å². The van der Waals surface area contributed by atoms with Gasteiger partial charge in [0.05, 0.1) is 19.3 Å². The second-order valence-electron chi connectivity index (χ2n) is 10.4. The predicted octanol–water partition coefficient (Wildman–Crippen LogP) is 5.27. The lowest BCUT2D eigenvalue weighted by atomic mass is 9.63. The molecule has 4 aliphatic rings. The highest BCUT2D eigenvalue weighted by Crippen LogP contribution is 2.58. The van der Waals surface area contributed by atoms with Crippen LogP contribution in [0.25, 0.3) is 0 Å². The molecule has 1 saturated heterocycles. The second-order valence-corrected chi connectivity index (χ2v) is 10.4. The summed E-state index contributed by atoms with van der Waals surface area (Å²) in [6.07, 6.45) is 15.4. The average Bonchev–Trinajstić information content (AvgIpc) is 3.05. The van der Waals surface area contributed by atoms with E-state index in [4.69, 9.17) is 4.74 Å². The molecule has 1 heterocycles. The van der Waals surface area contributed by atoms with Crippen LogP contribution in [0.15, 0.2) is 35.5 Å². The molecule has 4 fully saturated rings. The topological polar surface area (TPSA) is 32.7 Å². The molecule has 1 N–H and O–H groups in total. The van der Waals surface area contributed by atoms with Crippen LogP contribution < -0.4 is 0 Å². The van der Waals surface area contributed by atoms with Gasteiger partial charge in [0.1, 0.15) is 0 Å². The van der Waals surface area contributed by atoms with Crippen molar-refractivity contribution < 1.29 is 9.84 Å². The SMILES string of the molecule is C=C1CC/C(=C/C=C2\CCCC3(C)C2CC[C@@H]3CCN2CCOC[C@@H]2C)CC1O. The van der Waals surface area contributed by atoms with Crippen molar-refractivity contribution in [3.63, 3.8) is 0 Å². The van der Waals surface area contributed by atoms with E-state index < -0.39 is 0 Å². The molecule has 5 atom stereocenters. The summed E-state index contributed by atoms with van der Waals surface area (Å²) in [6, 6.07) is 0.573. The molecule has 0 aromatic heterocycles. The standard InChI is InChI=1S/C26H41NO2/c1-19-6-7-21(17-25(19)28)8-9-22-5-4-13-26(3)23(10-11-24(22)26)12-14-27-15-16-29-18-20(27)2/h8-9,20,23-25,28H,1,4-7,10-18H2,2-3H3/b21-8-,22-9+/t20-,23+,24?,25?,26?/m0/s1. The summed E-state index contributed by atoms with van der Waals surface area (Å²) in [5.74, 6) is 1.63. The van der Waals surface area contributed by atoms with Crippen LogP contribution in [0.4, 0.5) is 0 Å². The quantitative estimate of drug-likeness (QED) is 0.654. The van der Waals surface area contributed by atoms with Crippen LogP contribution >= 0.6 is 0 Å². The third kappa shape index (κ3) is 4.57. The minimum absolute atomic E-state index is 0.330. The number of morpholine rings is 1. The van der Waals surface area contributed by atoms with E-state index in [2.05, 4.69) is 37.5 Å². The molecule has 0 aromatic carbocycles. The molecule has 3 heteroatoms. The van der Waals surface area contributed by atoms with Crippen molar-refractivity contribution >= 4 is 0 Å².